The molecule has 0 aliphatic heterocycles. The average molecular weight is 201 g/mol. The van der Waals surface area contributed by atoms with Gasteiger partial charge in [0.05, 0.1) is 5.69 Å². The number of nitrogens with one attached hydrogen (secondary N) is 2. The topological polar surface area (TPSA) is 67.2 Å². The molecule has 0 unspecified atom stereocenters. The van der Waals surface area contributed by atoms with Crippen LogP contribution in [0.3, 0.4) is 0 Å². The van der Waals surface area contributed by atoms with Crippen molar-refractivity contribution in [3.05, 3.63) is 23.8 Å². The number of rotatable bonds is 1. The fourth-order valence-corrected chi connectivity index (χ4v) is 0.869. The molecule has 0 spiro atoms. The highest BCUT2D eigenvalue weighted by atomic mass is 19.2. The monoisotopic (exact) mass is 201 g/mol. The molecule has 0 heterocycles. The van der Waals surface area contributed by atoms with Gasteiger partial charge < -0.3 is 16.4 Å². The molecule has 6 heteroatoms. The lowest BCUT2D eigenvalue weighted by molar-refractivity contribution is 0.254. The number of anilines is 2. The first-order valence-corrected chi connectivity index (χ1v) is 3.78. The van der Waals surface area contributed by atoms with Crippen LogP contribution in [0.2, 0.25) is 0 Å². The van der Waals surface area contributed by atoms with E-state index in [1.165, 1.54) is 13.1 Å². The van der Waals surface area contributed by atoms with Crippen molar-refractivity contribution in [3.63, 3.8) is 0 Å². The maximum atomic E-state index is 13.1. The lowest BCUT2D eigenvalue weighted by Crippen LogP contribution is -2.25. The van der Waals surface area contributed by atoms with Crippen LogP contribution in [-0.4, -0.2) is 13.1 Å². The minimum atomic E-state index is -1.17. The normalized spacial score (nSPS) is 9.64. The van der Waals surface area contributed by atoms with Gasteiger partial charge in [0.2, 0.25) is 0 Å². The molecule has 4 nitrogen and oxygen atoms in total. The Morgan fingerprint density at radius 3 is 2.64 bits per heavy atom. The molecular weight excluding hydrogens is 192 g/mol. The van der Waals surface area contributed by atoms with Crippen LogP contribution in [0.1, 0.15) is 0 Å². The van der Waals surface area contributed by atoms with Crippen molar-refractivity contribution < 1.29 is 13.6 Å². The first kappa shape index (κ1) is 10.2. The van der Waals surface area contributed by atoms with Gasteiger partial charge in [-0.25, -0.2) is 13.6 Å². The second kappa shape index (κ2) is 3.91. The van der Waals surface area contributed by atoms with Gasteiger partial charge in [-0.15, -0.1) is 0 Å². The van der Waals surface area contributed by atoms with Crippen LogP contribution in [0.25, 0.3) is 0 Å². The van der Waals surface area contributed by atoms with E-state index in [4.69, 9.17) is 5.73 Å². The van der Waals surface area contributed by atoms with Gasteiger partial charge in [-0.05, 0) is 12.1 Å². The number of halogens is 2. The molecule has 0 atom stereocenters. The van der Waals surface area contributed by atoms with E-state index in [2.05, 4.69) is 10.6 Å². The van der Waals surface area contributed by atoms with E-state index < -0.39 is 17.7 Å². The summed E-state index contributed by atoms with van der Waals surface area (Å²) in [5.74, 6) is -2.24. The molecule has 0 aromatic heterocycles. The number of hydrogen-bond acceptors (Lipinski definition) is 2. The minimum Gasteiger partial charge on any atom is -0.397 e. The zero-order valence-corrected chi connectivity index (χ0v) is 7.40. The molecule has 76 valence electrons. The Morgan fingerprint density at radius 2 is 2.07 bits per heavy atom. The van der Waals surface area contributed by atoms with Crippen LogP contribution in [-0.2, 0) is 0 Å². The highest BCUT2D eigenvalue weighted by molar-refractivity contribution is 5.92. The van der Waals surface area contributed by atoms with Crippen LogP contribution >= 0.6 is 0 Å². The summed E-state index contributed by atoms with van der Waals surface area (Å²) in [7, 11) is 1.35. The third-order valence-electron chi connectivity index (χ3n) is 1.59. The largest absolute Gasteiger partial charge is 0.397 e. The third-order valence-corrected chi connectivity index (χ3v) is 1.59. The van der Waals surface area contributed by atoms with Crippen molar-refractivity contribution in [1.29, 1.82) is 0 Å². The fourth-order valence-electron chi connectivity index (χ4n) is 0.869. The fraction of sp³-hybridized carbons (Fsp3) is 0.125. The minimum absolute atomic E-state index is 0.0347. The third kappa shape index (κ3) is 1.90. The lowest BCUT2D eigenvalue weighted by atomic mass is 10.2. The second-order valence-corrected chi connectivity index (χ2v) is 2.53. The Morgan fingerprint density at radius 1 is 1.43 bits per heavy atom. The summed E-state index contributed by atoms with van der Waals surface area (Å²) in [6, 6.07) is 1.39. The van der Waals surface area contributed by atoms with Gasteiger partial charge >= 0.3 is 6.03 Å². The molecule has 2 amide bonds. The Bertz CT molecular complexity index is 368. The molecule has 0 aliphatic rings. The molecule has 1 rings (SSSR count). The summed E-state index contributed by atoms with van der Waals surface area (Å²) < 4.78 is 25.8. The zero-order chi connectivity index (χ0) is 10.7. The number of benzene rings is 1. The van der Waals surface area contributed by atoms with Gasteiger partial charge in [-0.2, -0.15) is 0 Å². The Balaban J connectivity index is 3.06. The average Bonchev–Trinajstić information content (AvgIpc) is 2.18. The Hall–Kier alpha value is -1.85. The number of hydrogen-bond donors (Lipinski definition) is 3. The van der Waals surface area contributed by atoms with Crippen molar-refractivity contribution >= 4 is 17.4 Å². The molecule has 1 aromatic carbocycles. The number of urea groups is 1. The number of amides is 2. The standard InChI is InChI=1S/C8H9F2N3O/c1-12-8(14)13-7-5(11)3-2-4(9)6(7)10/h2-3H,11H2,1H3,(H2,12,13,14). The SMILES string of the molecule is CNC(=O)Nc1c(N)ccc(F)c1F. The van der Waals surface area contributed by atoms with Gasteiger partial charge in [0.1, 0.15) is 5.69 Å². The molecule has 0 fully saturated rings. The van der Waals surface area contributed by atoms with E-state index in [-0.39, 0.29) is 11.4 Å². The van der Waals surface area contributed by atoms with Gasteiger partial charge in [0, 0.05) is 7.05 Å². The molecule has 14 heavy (non-hydrogen) atoms. The van der Waals surface area contributed by atoms with Crippen LogP contribution in [0, 0.1) is 11.6 Å². The van der Waals surface area contributed by atoms with Crippen LogP contribution in [0.5, 0.6) is 0 Å². The number of carbonyl (C=O) groups excluding carboxylic acids is 1. The van der Waals surface area contributed by atoms with Gasteiger partial charge in [-0.3, -0.25) is 0 Å². The highest BCUT2D eigenvalue weighted by Crippen LogP contribution is 2.24. The summed E-state index contributed by atoms with van der Waals surface area (Å²) >= 11 is 0. The van der Waals surface area contributed by atoms with Crippen molar-refractivity contribution in [2.75, 3.05) is 18.1 Å². The molecule has 0 saturated heterocycles. The van der Waals surface area contributed by atoms with Crippen molar-refractivity contribution in [3.8, 4) is 0 Å². The maximum absolute atomic E-state index is 13.1. The van der Waals surface area contributed by atoms with E-state index in [9.17, 15) is 13.6 Å². The first-order valence-electron chi connectivity index (χ1n) is 3.78. The summed E-state index contributed by atoms with van der Waals surface area (Å²) in [5.41, 5.74) is 4.95. The molecular formula is C8H9F2N3O. The van der Waals surface area contributed by atoms with Crippen LogP contribution in [0.4, 0.5) is 25.0 Å². The lowest BCUT2D eigenvalue weighted by Gasteiger charge is -2.08. The van der Waals surface area contributed by atoms with E-state index in [0.717, 1.165) is 6.07 Å². The molecule has 0 saturated carbocycles. The summed E-state index contributed by atoms with van der Waals surface area (Å²) in [6.07, 6.45) is 0. The van der Waals surface area contributed by atoms with Crippen molar-refractivity contribution in [2.24, 2.45) is 0 Å². The van der Waals surface area contributed by atoms with Crippen LogP contribution in [0.15, 0.2) is 12.1 Å². The van der Waals surface area contributed by atoms with E-state index in [1.807, 2.05) is 0 Å². The second-order valence-electron chi connectivity index (χ2n) is 2.53. The number of carbonyl (C=O) groups is 1. The Kier molecular flexibility index (Phi) is 2.85. The van der Waals surface area contributed by atoms with Crippen molar-refractivity contribution in [1.82, 2.24) is 5.32 Å². The summed E-state index contributed by atoms with van der Waals surface area (Å²) in [6.45, 7) is 0. The maximum Gasteiger partial charge on any atom is 0.319 e. The van der Waals surface area contributed by atoms with Gasteiger partial charge in [-0.1, -0.05) is 0 Å². The quantitative estimate of drug-likeness (QED) is 0.599. The highest BCUT2D eigenvalue weighted by Gasteiger charge is 2.13. The molecule has 4 N–H and O–H groups in total. The Labute approximate surface area is 79.1 Å². The van der Waals surface area contributed by atoms with E-state index in [0.29, 0.717) is 0 Å². The summed E-state index contributed by atoms with van der Waals surface area (Å²) in [5, 5.41) is 4.27. The van der Waals surface area contributed by atoms with Gasteiger partial charge in [0.15, 0.2) is 11.6 Å². The molecule has 0 radical (unpaired) electrons. The zero-order valence-electron chi connectivity index (χ0n) is 7.40. The smallest absolute Gasteiger partial charge is 0.319 e. The van der Waals surface area contributed by atoms with Crippen molar-refractivity contribution in [2.45, 2.75) is 0 Å². The van der Waals surface area contributed by atoms with E-state index in [1.54, 1.807) is 0 Å². The van der Waals surface area contributed by atoms with Crippen LogP contribution < -0.4 is 16.4 Å². The predicted molar refractivity (Wildman–Crippen MR) is 48.8 cm³/mol. The first-order chi connectivity index (χ1) is 6.56. The number of nitrogen functional groups attached to an aromatic ring is 1. The molecule has 0 aliphatic carbocycles. The molecule has 0 bridgehead atoms. The number of nitrogens with two attached hydrogens (primary N) is 1. The van der Waals surface area contributed by atoms with Gasteiger partial charge in [0.25, 0.3) is 0 Å². The molecule has 1 aromatic rings. The van der Waals surface area contributed by atoms with E-state index >= 15 is 0 Å². The predicted octanol–water partition coefficient (Wildman–Crippen LogP) is 1.30. The summed E-state index contributed by atoms with van der Waals surface area (Å²) in [4.78, 5) is 10.8.